The highest BCUT2D eigenvalue weighted by Crippen LogP contribution is 2.38. The Hall–Kier alpha value is -1.82. The number of allylic oxidation sites excluding steroid dienone is 1. The number of aromatic hydroxyl groups is 1. The first-order chi connectivity index (χ1) is 8.65. The molecular weight excluding hydrogens is 229 g/mol. The van der Waals surface area contributed by atoms with Crippen molar-refractivity contribution in [1.29, 1.82) is 5.26 Å². The normalized spacial score (nSPS) is 23.3. The lowest BCUT2D eigenvalue weighted by Crippen LogP contribution is -2.11. The highest BCUT2D eigenvalue weighted by molar-refractivity contribution is 5.46. The number of nitriles is 1. The Bertz CT molecular complexity index is 473. The van der Waals surface area contributed by atoms with E-state index >= 15 is 0 Å². The predicted octanol–water partition coefficient (Wildman–Crippen LogP) is 3.86. The maximum Gasteiger partial charge on any atom is 0.145 e. The molecule has 2 rings (SSSR count). The van der Waals surface area contributed by atoms with E-state index in [1.165, 1.54) is 12.1 Å². The summed E-state index contributed by atoms with van der Waals surface area (Å²) in [7, 11) is 0. The lowest BCUT2D eigenvalue weighted by Gasteiger charge is -2.27. The predicted molar refractivity (Wildman–Crippen MR) is 67.7 cm³/mol. The fourth-order valence-electron chi connectivity index (χ4n) is 2.65. The Kier molecular flexibility index (Phi) is 3.66. The standard InChI is InChI=1S/C15H16FNO/c1-2-10-3-5-11(6-4-10)12-7-14(16)13(9-17)15(18)8-12/h2,7-8,10-11,18H,1,3-6H2. The number of halogens is 1. The van der Waals surface area contributed by atoms with Gasteiger partial charge in [-0.25, -0.2) is 4.39 Å². The van der Waals surface area contributed by atoms with Crippen molar-refractivity contribution < 1.29 is 9.50 Å². The van der Waals surface area contributed by atoms with Crippen LogP contribution in [0.4, 0.5) is 4.39 Å². The lowest BCUT2D eigenvalue weighted by molar-refractivity contribution is 0.374. The highest BCUT2D eigenvalue weighted by Gasteiger charge is 2.22. The molecule has 0 atom stereocenters. The maximum atomic E-state index is 13.6. The van der Waals surface area contributed by atoms with Gasteiger partial charge in [-0.2, -0.15) is 5.26 Å². The summed E-state index contributed by atoms with van der Waals surface area (Å²) in [6.07, 6.45) is 6.03. The first-order valence-electron chi connectivity index (χ1n) is 6.20. The Morgan fingerprint density at radius 3 is 2.50 bits per heavy atom. The van der Waals surface area contributed by atoms with E-state index in [0.717, 1.165) is 31.2 Å². The van der Waals surface area contributed by atoms with Crippen LogP contribution in [0.3, 0.4) is 0 Å². The number of nitrogens with zero attached hydrogens (tertiary/aromatic N) is 1. The molecule has 94 valence electrons. The molecule has 18 heavy (non-hydrogen) atoms. The van der Waals surface area contributed by atoms with Gasteiger partial charge in [-0.3, -0.25) is 0 Å². The average Bonchev–Trinajstić information content (AvgIpc) is 2.38. The minimum absolute atomic E-state index is 0.252. The topological polar surface area (TPSA) is 44.0 Å². The molecule has 1 aliphatic rings. The first kappa shape index (κ1) is 12.6. The lowest BCUT2D eigenvalue weighted by atomic mass is 9.78. The minimum atomic E-state index is -0.627. The van der Waals surface area contributed by atoms with Crippen LogP contribution in [-0.4, -0.2) is 5.11 Å². The number of rotatable bonds is 2. The van der Waals surface area contributed by atoms with Crippen molar-refractivity contribution in [3.8, 4) is 11.8 Å². The average molecular weight is 245 g/mol. The zero-order valence-electron chi connectivity index (χ0n) is 10.2. The van der Waals surface area contributed by atoms with Crippen LogP contribution in [0, 0.1) is 23.1 Å². The van der Waals surface area contributed by atoms with E-state index in [9.17, 15) is 9.50 Å². The van der Waals surface area contributed by atoms with Gasteiger partial charge in [0.25, 0.3) is 0 Å². The van der Waals surface area contributed by atoms with Crippen molar-refractivity contribution in [2.24, 2.45) is 5.92 Å². The molecule has 1 aromatic carbocycles. The summed E-state index contributed by atoms with van der Waals surface area (Å²) in [5.41, 5.74) is 0.532. The number of phenolic OH excluding ortho intramolecular Hbond substituents is 1. The first-order valence-corrected chi connectivity index (χ1v) is 6.20. The summed E-state index contributed by atoms with van der Waals surface area (Å²) in [5, 5.41) is 18.3. The zero-order valence-corrected chi connectivity index (χ0v) is 10.2. The summed E-state index contributed by atoms with van der Waals surface area (Å²) < 4.78 is 13.6. The second kappa shape index (κ2) is 5.22. The molecule has 0 unspecified atom stereocenters. The van der Waals surface area contributed by atoms with Gasteiger partial charge in [-0.1, -0.05) is 6.08 Å². The smallest absolute Gasteiger partial charge is 0.145 e. The molecule has 1 saturated carbocycles. The molecule has 0 aromatic heterocycles. The van der Waals surface area contributed by atoms with Crippen molar-refractivity contribution in [3.63, 3.8) is 0 Å². The van der Waals surface area contributed by atoms with E-state index in [-0.39, 0.29) is 17.2 Å². The van der Waals surface area contributed by atoms with Crippen molar-refractivity contribution in [3.05, 3.63) is 41.7 Å². The van der Waals surface area contributed by atoms with Gasteiger partial charge in [0.15, 0.2) is 0 Å². The van der Waals surface area contributed by atoms with Crippen LogP contribution in [0.1, 0.15) is 42.7 Å². The largest absolute Gasteiger partial charge is 0.506 e. The van der Waals surface area contributed by atoms with Gasteiger partial charge in [-0.05, 0) is 55.2 Å². The third-order valence-electron chi connectivity index (χ3n) is 3.78. The SMILES string of the molecule is C=CC1CCC(c2cc(O)c(C#N)c(F)c2)CC1. The van der Waals surface area contributed by atoms with Gasteiger partial charge < -0.3 is 5.11 Å². The molecular formula is C15H16FNO. The number of phenols is 1. The highest BCUT2D eigenvalue weighted by atomic mass is 19.1. The van der Waals surface area contributed by atoms with Gasteiger partial charge in [0, 0.05) is 0 Å². The Morgan fingerprint density at radius 1 is 1.33 bits per heavy atom. The van der Waals surface area contributed by atoms with Gasteiger partial charge in [-0.15, -0.1) is 6.58 Å². The van der Waals surface area contributed by atoms with Gasteiger partial charge in [0.05, 0.1) is 0 Å². The van der Waals surface area contributed by atoms with Crippen LogP contribution in [0.5, 0.6) is 5.75 Å². The van der Waals surface area contributed by atoms with Gasteiger partial charge in [0.2, 0.25) is 0 Å². The Balaban J connectivity index is 2.20. The second-order valence-electron chi connectivity index (χ2n) is 4.86. The molecule has 0 aliphatic heterocycles. The van der Waals surface area contributed by atoms with Gasteiger partial charge >= 0.3 is 0 Å². The summed E-state index contributed by atoms with van der Waals surface area (Å²) in [6.45, 7) is 3.80. The van der Waals surface area contributed by atoms with E-state index in [1.54, 1.807) is 6.07 Å². The molecule has 0 radical (unpaired) electrons. The molecule has 0 bridgehead atoms. The molecule has 1 fully saturated rings. The monoisotopic (exact) mass is 245 g/mol. The minimum Gasteiger partial charge on any atom is -0.506 e. The van der Waals surface area contributed by atoms with E-state index < -0.39 is 5.82 Å². The summed E-state index contributed by atoms with van der Waals surface area (Å²) >= 11 is 0. The summed E-state index contributed by atoms with van der Waals surface area (Å²) in [5.74, 6) is -0.0518. The summed E-state index contributed by atoms with van der Waals surface area (Å²) in [4.78, 5) is 0. The molecule has 1 aliphatic carbocycles. The number of benzene rings is 1. The number of hydrogen-bond acceptors (Lipinski definition) is 2. The molecule has 3 heteroatoms. The van der Waals surface area contributed by atoms with Crippen molar-refractivity contribution in [1.82, 2.24) is 0 Å². The van der Waals surface area contributed by atoms with E-state index in [1.807, 2.05) is 6.08 Å². The molecule has 0 heterocycles. The van der Waals surface area contributed by atoms with Crippen molar-refractivity contribution >= 4 is 0 Å². The quantitative estimate of drug-likeness (QED) is 0.804. The van der Waals surface area contributed by atoms with Gasteiger partial charge in [0.1, 0.15) is 23.2 Å². The number of hydrogen-bond donors (Lipinski definition) is 1. The van der Waals surface area contributed by atoms with Crippen LogP contribution in [-0.2, 0) is 0 Å². The fraction of sp³-hybridized carbons (Fsp3) is 0.400. The molecule has 2 nitrogen and oxygen atoms in total. The third kappa shape index (κ3) is 2.38. The zero-order chi connectivity index (χ0) is 13.1. The van der Waals surface area contributed by atoms with Crippen molar-refractivity contribution in [2.75, 3.05) is 0 Å². The Labute approximate surface area is 106 Å². The molecule has 0 spiro atoms. The molecule has 1 aromatic rings. The van der Waals surface area contributed by atoms with Crippen LogP contribution in [0.15, 0.2) is 24.8 Å². The second-order valence-corrected chi connectivity index (χ2v) is 4.86. The summed E-state index contributed by atoms with van der Waals surface area (Å²) in [6, 6.07) is 4.59. The van der Waals surface area contributed by atoms with E-state index in [4.69, 9.17) is 5.26 Å². The van der Waals surface area contributed by atoms with Crippen LogP contribution in [0.25, 0.3) is 0 Å². The van der Waals surface area contributed by atoms with E-state index in [0.29, 0.717) is 5.92 Å². The fourth-order valence-corrected chi connectivity index (χ4v) is 2.65. The van der Waals surface area contributed by atoms with Crippen LogP contribution in [0.2, 0.25) is 0 Å². The van der Waals surface area contributed by atoms with E-state index in [2.05, 4.69) is 6.58 Å². The molecule has 0 saturated heterocycles. The molecule has 0 amide bonds. The van der Waals surface area contributed by atoms with Crippen LogP contribution < -0.4 is 0 Å². The van der Waals surface area contributed by atoms with Crippen LogP contribution >= 0.6 is 0 Å². The maximum absolute atomic E-state index is 13.6. The van der Waals surface area contributed by atoms with Crippen molar-refractivity contribution in [2.45, 2.75) is 31.6 Å². The third-order valence-corrected chi connectivity index (χ3v) is 3.78. The Morgan fingerprint density at radius 2 is 2.00 bits per heavy atom. The molecule has 1 N–H and O–H groups in total.